The van der Waals surface area contributed by atoms with Gasteiger partial charge < -0.3 is 5.73 Å². The Balaban J connectivity index is 2.13. The fourth-order valence-electron chi connectivity index (χ4n) is 1.47. The van der Waals surface area contributed by atoms with Gasteiger partial charge in [0.1, 0.15) is 0 Å². The molecule has 0 aliphatic rings. The van der Waals surface area contributed by atoms with Gasteiger partial charge in [-0.05, 0) is 41.9 Å². The van der Waals surface area contributed by atoms with Gasteiger partial charge in [0.25, 0.3) is 0 Å². The van der Waals surface area contributed by atoms with Gasteiger partial charge in [0.2, 0.25) is 0 Å². The maximum absolute atomic E-state index is 5.45. The molecule has 0 radical (unpaired) electrons. The van der Waals surface area contributed by atoms with Crippen molar-refractivity contribution >= 4 is 0 Å². The van der Waals surface area contributed by atoms with E-state index < -0.39 is 0 Å². The molecule has 0 bridgehead atoms. The molecule has 2 rings (SSSR count). The number of pyridine rings is 1. The van der Waals surface area contributed by atoms with Crippen molar-refractivity contribution in [2.45, 2.75) is 19.4 Å². The predicted octanol–water partition coefficient (Wildman–Crippen LogP) is 0.474. The second-order valence-corrected chi connectivity index (χ2v) is 3.46. The van der Waals surface area contributed by atoms with Gasteiger partial charge in [-0.15, -0.1) is 5.10 Å². The number of nitrogens with two attached hydrogens (primary N) is 1. The summed E-state index contributed by atoms with van der Waals surface area (Å²) >= 11 is 0. The smallest absolute Gasteiger partial charge is 0.182 e. The quantitative estimate of drug-likeness (QED) is 0.738. The first-order valence-electron chi connectivity index (χ1n) is 5.28. The average molecular weight is 218 g/mol. The van der Waals surface area contributed by atoms with E-state index in [-0.39, 0.29) is 0 Å². The zero-order valence-corrected chi connectivity index (χ0v) is 8.95. The molecule has 0 atom stereocenters. The Labute approximate surface area is 93.5 Å². The summed E-state index contributed by atoms with van der Waals surface area (Å²) in [5.74, 6) is 0.777. The van der Waals surface area contributed by atoms with Crippen LogP contribution in [-0.2, 0) is 6.54 Å². The van der Waals surface area contributed by atoms with Gasteiger partial charge in [-0.25, -0.2) is 4.68 Å². The van der Waals surface area contributed by atoms with E-state index in [4.69, 9.17) is 5.73 Å². The maximum atomic E-state index is 5.45. The summed E-state index contributed by atoms with van der Waals surface area (Å²) < 4.78 is 1.80. The van der Waals surface area contributed by atoms with Gasteiger partial charge in [-0.1, -0.05) is 0 Å². The van der Waals surface area contributed by atoms with Crippen LogP contribution in [0.4, 0.5) is 0 Å². The van der Waals surface area contributed by atoms with Crippen molar-refractivity contribution in [1.29, 1.82) is 0 Å². The van der Waals surface area contributed by atoms with E-state index in [0.717, 1.165) is 30.8 Å². The Hall–Kier alpha value is -1.82. The Kier molecular flexibility index (Phi) is 3.55. The largest absolute Gasteiger partial charge is 0.330 e. The molecule has 0 amide bonds. The first kappa shape index (κ1) is 10.7. The van der Waals surface area contributed by atoms with Gasteiger partial charge >= 0.3 is 0 Å². The van der Waals surface area contributed by atoms with E-state index in [2.05, 4.69) is 20.5 Å². The third-order valence-corrected chi connectivity index (χ3v) is 2.29. The Morgan fingerprint density at radius 3 is 2.75 bits per heavy atom. The zero-order valence-electron chi connectivity index (χ0n) is 8.95. The summed E-state index contributed by atoms with van der Waals surface area (Å²) in [5, 5.41) is 11.7. The normalized spacial score (nSPS) is 10.6. The van der Waals surface area contributed by atoms with E-state index in [1.807, 2.05) is 12.1 Å². The zero-order chi connectivity index (χ0) is 11.2. The molecule has 6 nitrogen and oxygen atoms in total. The summed E-state index contributed by atoms with van der Waals surface area (Å²) in [6, 6.07) is 3.79. The van der Waals surface area contributed by atoms with E-state index in [0.29, 0.717) is 6.54 Å². The van der Waals surface area contributed by atoms with Crippen molar-refractivity contribution in [3.8, 4) is 11.4 Å². The minimum Gasteiger partial charge on any atom is -0.330 e. The fraction of sp³-hybridized carbons (Fsp3) is 0.400. The van der Waals surface area contributed by atoms with E-state index in [1.54, 1.807) is 17.1 Å². The number of nitrogens with zero attached hydrogens (tertiary/aromatic N) is 5. The molecular formula is C10H14N6. The minimum atomic E-state index is 0.701. The van der Waals surface area contributed by atoms with Gasteiger partial charge in [-0.3, -0.25) is 4.98 Å². The molecule has 0 aliphatic heterocycles. The van der Waals surface area contributed by atoms with Crippen LogP contribution in [0.1, 0.15) is 12.8 Å². The number of hydrogen-bond donors (Lipinski definition) is 1. The van der Waals surface area contributed by atoms with E-state index >= 15 is 0 Å². The summed E-state index contributed by atoms with van der Waals surface area (Å²) in [6.45, 7) is 1.49. The van der Waals surface area contributed by atoms with Crippen LogP contribution in [0.25, 0.3) is 11.4 Å². The average Bonchev–Trinajstić information content (AvgIpc) is 2.79. The summed E-state index contributed by atoms with van der Waals surface area (Å²) in [7, 11) is 0. The van der Waals surface area contributed by atoms with Crippen LogP contribution in [-0.4, -0.2) is 31.7 Å². The van der Waals surface area contributed by atoms with Gasteiger partial charge in [0.15, 0.2) is 5.82 Å². The highest BCUT2D eigenvalue weighted by molar-refractivity contribution is 5.52. The molecule has 0 saturated carbocycles. The van der Waals surface area contributed by atoms with Gasteiger partial charge in [0.05, 0.1) is 0 Å². The van der Waals surface area contributed by atoms with Crippen LogP contribution < -0.4 is 5.73 Å². The summed E-state index contributed by atoms with van der Waals surface area (Å²) in [4.78, 5) is 3.97. The Morgan fingerprint density at radius 1 is 1.19 bits per heavy atom. The number of rotatable bonds is 5. The topological polar surface area (TPSA) is 82.5 Å². The second-order valence-electron chi connectivity index (χ2n) is 3.46. The lowest BCUT2D eigenvalue weighted by atomic mass is 10.2. The molecule has 84 valence electrons. The van der Waals surface area contributed by atoms with Crippen molar-refractivity contribution in [3.05, 3.63) is 24.5 Å². The first-order valence-corrected chi connectivity index (χ1v) is 5.28. The number of unbranched alkanes of at least 4 members (excludes halogenated alkanes) is 1. The molecule has 16 heavy (non-hydrogen) atoms. The molecule has 2 N–H and O–H groups in total. The van der Waals surface area contributed by atoms with Crippen molar-refractivity contribution in [3.63, 3.8) is 0 Å². The first-order chi connectivity index (χ1) is 7.92. The number of tetrazole rings is 1. The molecule has 2 aromatic rings. The Morgan fingerprint density at radius 2 is 2.00 bits per heavy atom. The highest BCUT2D eigenvalue weighted by Gasteiger charge is 2.07. The lowest BCUT2D eigenvalue weighted by molar-refractivity contribution is 0.548. The van der Waals surface area contributed by atoms with E-state index in [1.165, 1.54) is 0 Å². The highest BCUT2D eigenvalue weighted by Crippen LogP contribution is 2.13. The molecule has 0 unspecified atom stereocenters. The number of aromatic nitrogens is 5. The minimum absolute atomic E-state index is 0.701. The molecule has 6 heteroatoms. The standard InChI is InChI=1S/C10H14N6/c11-5-1-2-8-16-10(13-14-15-16)9-3-6-12-7-4-9/h3-4,6-7H,1-2,5,8,11H2. The molecular weight excluding hydrogens is 204 g/mol. The number of hydrogen-bond acceptors (Lipinski definition) is 5. The fourth-order valence-corrected chi connectivity index (χ4v) is 1.47. The lowest BCUT2D eigenvalue weighted by Crippen LogP contribution is -2.06. The van der Waals surface area contributed by atoms with Crippen LogP contribution in [0.3, 0.4) is 0 Å². The molecule has 0 saturated heterocycles. The summed E-state index contributed by atoms with van der Waals surface area (Å²) in [6.07, 6.45) is 5.43. The second kappa shape index (κ2) is 5.32. The van der Waals surface area contributed by atoms with Crippen molar-refractivity contribution < 1.29 is 0 Å². The lowest BCUT2D eigenvalue weighted by Gasteiger charge is -2.03. The number of aryl methyl sites for hydroxylation is 1. The molecule has 0 aromatic carbocycles. The molecule has 2 aromatic heterocycles. The van der Waals surface area contributed by atoms with Crippen LogP contribution >= 0.6 is 0 Å². The van der Waals surface area contributed by atoms with Crippen LogP contribution in [0.15, 0.2) is 24.5 Å². The molecule has 0 spiro atoms. The van der Waals surface area contributed by atoms with E-state index in [9.17, 15) is 0 Å². The molecule has 0 fully saturated rings. The molecule has 2 heterocycles. The van der Waals surface area contributed by atoms with Crippen molar-refractivity contribution in [1.82, 2.24) is 25.2 Å². The van der Waals surface area contributed by atoms with Crippen LogP contribution in [0.5, 0.6) is 0 Å². The van der Waals surface area contributed by atoms with Crippen molar-refractivity contribution in [2.75, 3.05) is 6.54 Å². The monoisotopic (exact) mass is 218 g/mol. The van der Waals surface area contributed by atoms with Gasteiger partial charge in [-0.2, -0.15) is 0 Å². The van der Waals surface area contributed by atoms with Gasteiger partial charge in [0, 0.05) is 24.5 Å². The predicted molar refractivity (Wildman–Crippen MR) is 59.3 cm³/mol. The SMILES string of the molecule is NCCCCn1nnnc1-c1ccncc1. The summed E-state index contributed by atoms with van der Waals surface area (Å²) in [5.41, 5.74) is 6.43. The maximum Gasteiger partial charge on any atom is 0.182 e. The van der Waals surface area contributed by atoms with Crippen LogP contribution in [0, 0.1) is 0 Å². The highest BCUT2D eigenvalue weighted by atomic mass is 15.5. The van der Waals surface area contributed by atoms with Crippen molar-refractivity contribution in [2.24, 2.45) is 5.73 Å². The third-order valence-electron chi connectivity index (χ3n) is 2.29. The van der Waals surface area contributed by atoms with Crippen LogP contribution in [0.2, 0.25) is 0 Å². The molecule has 0 aliphatic carbocycles. The Bertz CT molecular complexity index is 424. The third kappa shape index (κ3) is 2.40.